The number of aromatic amines is 1. The number of aryl methyl sites for hydroxylation is 1. The van der Waals surface area contributed by atoms with Crippen LogP contribution in [0.2, 0.25) is 0 Å². The minimum Gasteiger partial charge on any atom is -0.325 e. The van der Waals surface area contributed by atoms with Gasteiger partial charge in [-0.15, -0.1) is 0 Å². The van der Waals surface area contributed by atoms with E-state index >= 15 is 0 Å². The van der Waals surface area contributed by atoms with Crippen molar-refractivity contribution in [3.63, 3.8) is 0 Å². The van der Waals surface area contributed by atoms with Crippen LogP contribution < -0.4 is 11.2 Å². The van der Waals surface area contributed by atoms with Crippen molar-refractivity contribution in [2.45, 2.75) is 39.8 Å². The molecule has 17 heavy (non-hydrogen) atoms. The molecule has 6 nitrogen and oxygen atoms in total. The Bertz CT molecular complexity index is 635. The van der Waals surface area contributed by atoms with Crippen molar-refractivity contribution in [2.24, 2.45) is 0 Å². The van der Waals surface area contributed by atoms with Gasteiger partial charge in [0.15, 0.2) is 11.2 Å². The molecule has 0 aromatic carbocycles. The first-order valence-corrected chi connectivity index (χ1v) is 5.87. The summed E-state index contributed by atoms with van der Waals surface area (Å²) in [6.07, 6.45) is 3.26. The van der Waals surface area contributed by atoms with Gasteiger partial charge in [0, 0.05) is 13.1 Å². The Morgan fingerprint density at radius 3 is 2.59 bits per heavy atom. The van der Waals surface area contributed by atoms with E-state index in [1.807, 2.05) is 13.8 Å². The average Bonchev–Trinajstić information content (AvgIpc) is 2.68. The van der Waals surface area contributed by atoms with Gasteiger partial charge < -0.3 is 4.57 Å². The highest BCUT2D eigenvalue weighted by molar-refractivity contribution is 5.68. The summed E-state index contributed by atoms with van der Waals surface area (Å²) in [6, 6.07) is 0. The van der Waals surface area contributed by atoms with Crippen LogP contribution in [0.4, 0.5) is 0 Å². The monoisotopic (exact) mass is 236 g/mol. The van der Waals surface area contributed by atoms with E-state index in [1.165, 1.54) is 4.57 Å². The Labute approximate surface area is 97.9 Å². The maximum absolute atomic E-state index is 12.2. The van der Waals surface area contributed by atoms with E-state index in [4.69, 9.17) is 0 Å². The molecular weight excluding hydrogens is 220 g/mol. The Hall–Kier alpha value is -1.85. The molecule has 0 aliphatic heterocycles. The number of fused-ring (bicyclic) bond motifs is 1. The van der Waals surface area contributed by atoms with Crippen LogP contribution in [0.15, 0.2) is 15.9 Å². The summed E-state index contributed by atoms with van der Waals surface area (Å²) in [5, 5.41) is 0. The second-order valence-electron chi connectivity index (χ2n) is 4.02. The first-order chi connectivity index (χ1) is 8.19. The average molecular weight is 236 g/mol. The summed E-state index contributed by atoms with van der Waals surface area (Å²) in [5.41, 5.74) is 0.225. The van der Waals surface area contributed by atoms with E-state index in [1.54, 1.807) is 10.9 Å². The van der Waals surface area contributed by atoms with Crippen molar-refractivity contribution >= 4 is 11.2 Å². The van der Waals surface area contributed by atoms with Crippen LogP contribution in [-0.2, 0) is 13.1 Å². The molecule has 2 aromatic heterocycles. The van der Waals surface area contributed by atoms with Crippen molar-refractivity contribution < 1.29 is 0 Å². The van der Waals surface area contributed by atoms with E-state index in [2.05, 4.69) is 9.97 Å². The quantitative estimate of drug-likeness (QED) is 0.849. The van der Waals surface area contributed by atoms with E-state index < -0.39 is 0 Å². The number of hydrogen-bond donors (Lipinski definition) is 1. The summed E-state index contributed by atoms with van der Waals surface area (Å²) in [5.74, 6) is 0. The first kappa shape index (κ1) is 11.6. The summed E-state index contributed by atoms with van der Waals surface area (Å²) in [6.45, 7) is 5.12. The van der Waals surface area contributed by atoms with Crippen molar-refractivity contribution in [2.75, 3.05) is 0 Å². The topological polar surface area (TPSA) is 72.7 Å². The standard InChI is InChI=1S/C11H16N4O2/c1-3-5-14-7-12-9-8(14)10(16)15(6-4-2)11(17)13-9/h7H,3-6H2,1-2H3,(H,13,17). The number of rotatable bonds is 4. The van der Waals surface area contributed by atoms with Gasteiger partial charge >= 0.3 is 5.69 Å². The first-order valence-electron chi connectivity index (χ1n) is 5.87. The van der Waals surface area contributed by atoms with Gasteiger partial charge in [-0.2, -0.15) is 0 Å². The lowest BCUT2D eigenvalue weighted by Crippen LogP contribution is -2.35. The molecule has 0 aliphatic rings. The number of hydrogen-bond acceptors (Lipinski definition) is 3. The molecule has 2 rings (SSSR count). The third kappa shape index (κ3) is 1.90. The lowest BCUT2D eigenvalue weighted by atomic mass is 10.4. The van der Waals surface area contributed by atoms with E-state index in [-0.39, 0.29) is 11.2 Å². The molecule has 0 fully saturated rings. The summed E-state index contributed by atoms with van der Waals surface area (Å²) >= 11 is 0. The van der Waals surface area contributed by atoms with E-state index in [0.717, 1.165) is 19.4 Å². The Kier molecular flexibility index (Phi) is 3.12. The van der Waals surface area contributed by atoms with Crippen molar-refractivity contribution in [3.05, 3.63) is 27.2 Å². The SMILES string of the molecule is CCCn1c(=O)[nH]c2ncn(CCC)c2c1=O. The predicted molar refractivity (Wildman–Crippen MR) is 65.2 cm³/mol. The molecule has 0 aliphatic carbocycles. The molecule has 0 unspecified atom stereocenters. The largest absolute Gasteiger partial charge is 0.330 e. The van der Waals surface area contributed by atoms with E-state index in [9.17, 15) is 9.59 Å². The maximum atomic E-state index is 12.2. The molecule has 0 bridgehead atoms. The highest BCUT2D eigenvalue weighted by Crippen LogP contribution is 2.04. The van der Waals surface area contributed by atoms with Crippen LogP contribution >= 0.6 is 0 Å². The van der Waals surface area contributed by atoms with Gasteiger partial charge in [0.25, 0.3) is 5.56 Å². The molecule has 0 atom stereocenters. The number of aromatic nitrogens is 4. The second-order valence-corrected chi connectivity index (χ2v) is 4.02. The number of nitrogens with zero attached hydrogens (tertiary/aromatic N) is 3. The molecule has 2 aromatic rings. The lowest BCUT2D eigenvalue weighted by Gasteiger charge is -2.04. The zero-order valence-corrected chi connectivity index (χ0v) is 10.1. The molecule has 92 valence electrons. The normalized spacial score (nSPS) is 11.2. The summed E-state index contributed by atoms with van der Waals surface area (Å²) in [7, 11) is 0. The van der Waals surface area contributed by atoms with Crippen LogP contribution in [0.1, 0.15) is 26.7 Å². The third-order valence-corrected chi connectivity index (χ3v) is 2.67. The Morgan fingerprint density at radius 1 is 1.24 bits per heavy atom. The van der Waals surface area contributed by atoms with Crippen LogP contribution in [0.5, 0.6) is 0 Å². The van der Waals surface area contributed by atoms with Crippen LogP contribution in [-0.4, -0.2) is 19.1 Å². The van der Waals surface area contributed by atoms with Gasteiger partial charge in [-0.3, -0.25) is 14.3 Å². The van der Waals surface area contributed by atoms with Gasteiger partial charge in [0.2, 0.25) is 0 Å². The third-order valence-electron chi connectivity index (χ3n) is 2.67. The van der Waals surface area contributed by atoms with Gasteiger partial charge in [-0.25, -0.2) is 9.78 Å². The molecule has 2 heterocycles. The van der Waals surface area contributed by atoms with Crippen LogP contribution in [0, 0.1) is 0 Å². The summed E-state index contributed by atoms with van der Waals surface area (Å²) in [4.78, 5) is 30.5. The zero-order valence-electron chi connectivity index (χ0n) is 10.1. The van der Waals surface area contributed by atoms with Gasteiger partial charge in [0.05, 0.1) is 6.33 Å². The Morgan fingerprint density at radius 2 is 1.94 bits per heavy atom. The highest BCUT2D eigenvalue weighted by atomic mass is 16.2. The minimum absolute atomic E-state index is 0.253. The molecule has 1 N–H and O–H groups in total. The smallest absolute Gasteiger partial charge is 0.325 e. The highest BCUT2D eigenvalue weighted by Gasteiger charge is 2.11. The van der Waals surface area contributed by atoms with Crippen molar-refractivity contribution in [1.82, 2.24) is 19.1 Å². The fraction of sp³-hybridized carbons (Fsp3) is 0.545. The van der Waals surface area contributed by atoms with Gasteiger partial charge in [-0.05, 0) is 12.8 Å². The molecule has 0 saturated carbocycles. The molecular formula is C11H16N4O2. The van der Waals surface area contributed by atoms with E-state index in [0.29, 0.717) is 17.7 Å². The molecule has 0 radical (unpaired) electrons. The lowest BCUT2D eigenvalue weighted by molar-refractivity contribution is 0.615. The van der Waals surface area contributed by atoms with Crippen LogP contribution in [0.3, 0.4) is 0 Å². The minimum atomic E-state index is -0.383. The number of H-pyrrole nitrogens is 1. The maximum Gasteiger partial charge on any atom is 0.330 e. The number of imidazole rings is 1. The Balaban J connectivity index is 2.74. The molecule has 0 spiro atoms. The van der Waals surface area contributed by atoms with Crippen molar-refractivity contribution in [3.8, 4) is 0 Å². The second kappa shape index (κ2) is 4.57. The number of nitrogens with one attached hydrogen (secondary N) is 1. The van der Waals surface area contributed by atoms with Gasteiger partial charge in [0.1, 0.15) is 0 Å². The fourth-order valence-electron chi connectivity index (χ4n) is 1.92. The van der Waals surface area contributed by atoms with Crippen LogP contribution in [0.25, 0.3) is 11.2 Å². The fourth-order valence-corrected chi connectivity index (χ4v) is 1.92. The molecule has 0 amide bonds. The molecule has 0 saturated heterocycles. The van der Waals surface area contributed by atoms with Crippen molar-refractivity contribution in [1.29, 1.82) is 0 Å². The summed E-state index contributed by atoms with van der Waals surface area (Å²) < 4.78 is 3.02. The zero-order chi connectivity index (χ0) is 12.4. The predicted octanol–water partition coefficient (Wildman–Crippen LogP) is 0.706. The van der Waals surface area contributed by atoms with Gasteiger partial charge in [-0.1, -0.05) is 13.8 Å². The molecule has 6 heteroatoms.